The lowest BCUT2D eigenvalue weighted by atomic mass is 9.79. The van der Waals surface area contributed by atoms with Gasteiger partial charge in [-0.2, -0.15) is 13.2 Å². The molecule has 7 nitrogen and oxygen atoms in total. The van der Waals surface area contributed by atoms with Crippen molar-refractivity contribution >= 4 is 29.4 Å². The molecule has 2 N–H and O–H groups in total. The van der Waals surface area contributed by atoms with E-state index >= 15 is 0 Å². The maximum atomic E-state index is 13.7. The van der Waals surface area contributed by atoms with Gasteiger partial charge in [-0.15, -0.1) is 0 Å². The molecule has 4 aliphatic heterocycles. The van der Waals surface area contributed by atoms with E-state index in [2.05, 4.69) is 20.3 Å². The van der Waals surface area contributed by atoms with Crippen LogP contribution in [-0.4, -0.2) is 43.5 Å². The number of nitrogens with one attached hydrogen (secondary N) is 2. The molecule has 0 saturated carbocycles. The van der Waals surface area contributed by atoms with Crippen LogP contribution in [0.1, 0.15) is 26.5 Å². The van der Waals surface area contributed by atoms with Gasteiger partial charge in [0.25, 0.3) is 0 Å². The smallest absolute Gasteiger partial charge is 0.373 e. The fourth-order valence-corrected chi connectivity index (χ4v) is 5.31. The third-order valence-electron chi connectivity index (χ3n) is 7.16. The zero-order chi connectivity index (χ0) is 26.9. The summed E-state index contributed by atoms with van der Waals surface area (Å²) in [5, 5.41) is 5.03. The topological polar surface area (TPSA) is 87.4 Å². The van der Waals surface area contributed by atoms with Crippen LogP contribution in [0.2, 0.25) is 0 Å². The van der Waals surface area contributed by atoms with Crippen molar-refractivity contribution in [3.63, 3.8) is 0 Å². The second-order valence-electron chi connectivity index (χ2n) is 10.7. The molecular formula is C28H25F3N6O. The molecule has 1 saturated heterocycles. The zero-order valence-corrected chi connectivity index (χ0v) is 21.0. The highest BCUT2D eigenvalue weighted by Crippen LogP contribution is 2.44. The Hall–Kier alpha value is -4.21. The molecule has 0 spiro atoms. The molecule has 6 heterocycles. The first-order chi connectivity index (χ1) is 17.8. The maximum Gasteiger partial charge on any atom is 0.406 e. The first-order valence-electron chi connectivity index (χ1n) is 12.2. The van der Waals surface area contributed by atoms with E-state index in [0.29, 0.717) is 22.8 Å². The Labute approximate surface area is 216 Å². The zero-order valence-electron chi connectivity index (χ0n) is 21.0. The number of hydrogen-bond donors (Lipinski definition) is 2. The third kappa shape index (κ3) is 4.09. The van der Waals surface area contributed by atoms with Gasteiger partial charge in [-0.25, -0.2) is 9.98 Å². The molecule has 2 atom stereocenters. The van der Waals surface area contributed by atoms with Crippen molar-refractivity contribution in [3.8, 4) is 0 Å². The van der Waals surface area contributed by atoms with Gasteiger partial charge in [0.05, 0.1) is 34.6 Å². The van der Waals surface area contributed by atoms with E-state index in [9.17, 15) is 18.0 Å². The van der Waals surface area contributed by atoms with Crippen LogP contribution in [-0.2, 0) is 16.9 Å². The number of ketones is 1. The summed E-state index contributed by atoms with van der Waals surface area (Å²) < 4.78 is 40.2. The number of carbonyl (C=O) groups is 1. The van der Waals surface area contributed by atoms with E-state index in [1.54, 1.807) is 25.2 Å². The Kier molecular flexibility index (Phi) is 5.02. The Bertz CT molecular complexity index is 1680. The fraction of sp³-hybridized carbons (Fsp3) is 0.286. The largest absolute Gasteiger partial charge is 0.406 e. The van der Waals surface area contributed by atoms with Crippen molar-refractivity contribution in [2.75, 3.05) is 0 Å². The van der Waals surface area contributed by atoms with Gasteiger partial charge in [-0.05, 0) is 81.5 Å². The normalized spacial score (nSPS) is 27.3. The van der Waals surface area contributed by atoms with Gasteiger partial charge < -0.3 is 14.9 Å². The van der Waals surface area contributed by atoms with Crippen molar-refractivity contribution in [2.45, 2.75) is 44.6 Å². The minimum Gasteiger partial charge on any atom is -0.373 e. The van der Waals surface area contributed by atoms with Gasteiger partial charge in [0, 0.05) is 22.6 Å². The monoisotopic (exact) mass is 518 g/mol. The number of H-pyrrole nitrogens is 1. The number of hydrogen-bond acceptors (Lipinski definition) is 5. The molecule has 6 rings (SSSR count). The lowest BCUT2D eigenvalue weighted by molar-refractivity contribution is -0.140. The van der Waals surface area contributed by atoms with E-state index < -0.39 is 29.2 Å². The summed E-state index contributed by atoms with van der Waals surface area (Å²) in [4.78, 5) is 30.9. The fourth-order valence-electron chi connectivity index (χ4n) is 5.31. The Balaban J connectivity index is 1.57. The molecule has 0 radical (unpaired) electrons. The molecule has 2 aromatic rings. The van der Waals surface area contributed by atoms with Gasteiger partial charge in [-0.3, -0.25) is 9.79 Å². The average Bonchev–Trinajstić information content (AvgIpc) is 3.62. The van der Waals surface area contributed by atoms with Crippen molar-refractivity contribution in [1.82, 2.24) is 19.9 Å². The summed E-state index contributed by atoms with van der Waals surface area (Å²) in [5.74, 6) is -0.0572. The van der Waals surface area contributed by atoms with Crippen LogP contribution in [0.25, 0.3) is 12.2 Å². The number of imidazole rings is 1. The van der Waals surface area contributed by atoms with E-state index in [-0.39, 0.29) is 5.78 Å². The Morgan fingerprint density at radius 2 is 1.74 bits per heavy atom. The van der Waals surface area contributed by atoms with Gasteiger partial charge in [0.1, 0.15) is 17.6 Å². The molecule has 2 unspecified atom stereocenters. The van der Waals surface area contributed by atoms with E-state index in [1.807, 2.05) is 56.4 Å². The molecule has 4 aliphatic rings. The molecule has 8 bridgehead atoms. The first kappa shape index (κ1) is 24.1. The molecule has 0 aliphatic carbocycles. The summed E-state index contributed by atoms with van der Waals surface area (Å²) in [6.07, 6.45) is 12.8. The molecule has 0 aromatic carbocycles. The molecule has 194 valence electrons. The first-order valence-corrected chi connectivity index (χ1v) is 12.2. The highest BCUT2D eigenvalue weighted by molar-refractivity contribution is 6.20. The van der Waals surface area contributed by atoms with Crippen molar-refractivity contribution in [3.05, 3.63) is 88.9 Å². The van der Waals surface area contributed by atoms with Crippen LogP contribution in [0.3, 0.4) is 0 Å². The predicted molar refractivity (Wildman–Crippen MR) is 139 cm³/mol. The Morgan fingerprint density at radius 3 is 2.47 bits per heavy atom. The number of alkyl halides is 3. The Morgan fingerprint density at radius 1 is 1.00 bits per heavy atom. The number of Topliss-reactive ketones (excluding diaryl/α,β-unsaturated/α-hetero) is 1. The van der Waals surface area contributed by atoms with Crippen LogP contribution in [0, 0.1) is 5.41 Å². The minimum absolute atomic E-state index is 0.0572. The quantitative estimate of drug-likeness (QED) is 0.641. The third-order valence-corrected chi connectivity index (χ3v) is 7.16. The molecule has 2 aromatic heterocycles. The average molecular weight is 519 g/mol. The van der Waals surface area contributed by atoms with Crippen molar-refractivity contribution < 1.29 is 18.0 Å². The standard InChI is InChI=1S/C28H25F3N6O/c1-25(2)22-13-27(23-14-37(16-32-23)15-28(29,30)31)9-8-20(35-27)11-19-5-4-17(33-19)10-18-6-7-21(34-18)12-26(3,36-22)24(25)38/h4-14,16,33,36H,15H2,1-3H3. The highest BCUT2D eigenvalue weighted by Gasteiger charge is 2.52. The highest BCUT2D eigenvalue weighted by atomic mass is 19.4. The van der Waals surface area contributed by atoms with E-state index in [1.165, 1.54) is 6.20 Å². The SMILES string of the molecule is CC12C=C3C=CC(=N3)C=c3ccc([nH]3)=CC3=NC(c4cn(CC(F)(F)F)cn4)(C=C3)C=C(N1)C(C)(C)C2=O. The van der Waals surface area contributed by atoms with Crippen molar-refractivity contribution in [1.29, 1.82) is 0 Å². The molecule has 10 heteroatoms. The van der Waals surface area contributed by atoms with Gasteiger partial charge in [0.15, 0.2) is 5.78 Å². The molecular weight excluding hydrogens is 493 g/mol. The minimum atomic E-state index is -4.39. The lowest BCUT2D eigenvalue weighted by Crippen LogP contribution is -2.41. The summed E-state index contributed by atoms with van der Waals surface area (Å²) in [6.45, 7) is 4.29. The number of fused-ring (bicyclic) bond motifs is 6. The molecule has 0 amide bonds. The van der Waals surface area contributed by atoms with Crippen LogP contribution in [0.15, 0.2) is 82.5 Å². The van der Waals surface area contributed by atoms with Crippen LogP contribution in [0.4, 0.5) is 13.2 Å². The van der Waals surface area contributed by atoms with E-state index in [4.69, 9.17) is 4.99 Å². The molecule has 38 heavy (non-hydrogen) atoms. The van der Waals surface area contributed by atoms with Gasteiger partial charge >= 0.3 is 6.18 Å². The summed E-state index contributed by atoms with van der Waals surface area (Å²) in [5.41, 5.74) is -0.240. The number of aliphatic imine (C=N–C) groups is 2. The second-order valence-corrected chi connectivity index (χ2v) is 10.7. The van der Waals surface area contributed by atoms with E-state index in [0.717, 1.165) is 27.3 Å². The van der Waals surface area contributed by atoms with Crippen LogP contribution in [0.5, 0.6) is 0 Å². The number of carbonyl (C=O) groups excluding carboxylic acids is 1. The summed E-state index contributed by atoms with van der Waals surface area (Å²) >= 11 is 0. The number of aromatic amines is 1. The summed E-state index contributed by atoms with van der Waals surface area (Å²) in [6, 6.07) is 3.84. The molecule has 1 fully saturated rings. The van der Waals surface area contributed by atoms with Crippen LogP contribution < -0.4 is 16.0 Å². The maximum absolute atomic E-state index is 13.7. The number of aromatic nitrogens is 3. The second kappa shape index (κ2) is 7.89. The number of allylic oxidation sites excluding steroid dienone is 4. The number of rotatable bonds is 2. The van der Waals surface area contributed by atoms with Crippen molar-refractivity contribution in [2.24, 2.45) is 15.4 Å². The predicted octanol–water partition coefficient (Wildman–Crippen LogP) is 2.99. The van der Waals surface area contributed by atoms with Gasteiger partial charge in [0.2, 0.25) is 0 Å². The number of nitrogens with zero attached hydrogens (tertiary/aromatic N) is 4. The lowest BCUT2D eigenvalue weighted by Gasteiger charge is -2.24. The van der Waals surface area contributed by atoms with Crippen LogP contribution >= 0.6 is 0 Å². The summed E-state index contributed by atoms with van der Waals surface area (Å²) in [7, 11) is 0. The number of halogens is 3. The van der Waals surface area contributed by atoms with Gasteiger partial charge in [-0.1, -0.05) is 0 Å².